The highest BCUT2D eigenvalue weighted by molar-refractivity contribution is 7.85. The number of hydrogen-bond donors (Lipinski definition) is 0. The van der Waals surface area contributed by atoms with Gasteiger partial charge in [-0.15, -0.1) is 11.6 Å². The van der Waals surface area contributed by atoms with Crippen molar-refractivity contribution in [2.75, 3.05) is 0 Å². The number of rotatable bonds is 2. The maximum absolute atomic E-state index is 12.6. The van der Waals surface area contributed by atoms with Crippen molar-refractivity contribution in [3.63, 3.8) is 0 Å². The first-order valence-corrected chi connectivity index (χ1v) is 7.93. The first-order valence-electron chi connectivity index (χ1n) is 6.28. The SMILES string of the molecule is Cc1ccc([S@](=O)[C@@H]2[C@@H]3CC[C@@H](C3)[C@@H]2Cl)cc1. The van der Waals surface area contributed by atoms with Crippen LogP contribution in [0, 0.1) is 18.8 Å². The zero-order chi connectivity index (χ0) is 12.0. The van der Waals surface area contributed by atoms with Gasteiger partial charge in [-0.05, 0) is 50.2 Å². The molecule has 2 fully saturated rings. The van der Waals surface area contributed by atoms with Crippen LogP contribution < -0.4 is 0 Å². The van der Waals surface area contributed by atoms with Crippen molar-refractivity contribution in [3.05, 3.63) is 29.8 Å². The summed E-state index contributed by atoms with van der Waals surface area (Å²) < 4.78 is 12.6. The third-order valence-corrected chi connectivity index (χ3v) is 6.93. The molecule has 1 aromatic carbocycles. The topological polar surface area (TPSA) is 17.1 Å². The molecule has 3 heteroatoms. The molecule has 5 atom stereocenters. The van der Waals surface area contributed by atoms with E-state index in [0.717, 1.165) is 4.90 Å². The van der Waals surface area contributed by atoms with E-state index in [1.165, 1.54) is 24.8 Å². The molecule has 0 unspecified atom stereocenters. The summed E-state index contributed by atoms with van der Waals surface area (Å²) in [4.78, 5) is 0.943. The highest BCUT2D eigenvalue weighted by Crippen LogP contribution is 2.50. The molecular weight excluding hydrogens is 252 g/mol. The maximum atomic E-state index is 12.6. The minimum absolute atomic E-state index is 0.121. The molecule has 0 N–H and O–H groups in total. The third kappa shape index (κ3) is 1.96. The van der Waals surface area contributed by atoms with Crippen molar-refractivity contribution in [2.24, 2.45) is 11.8 Å². The normalized spacial score (nSPS) is 37.3. The van der Waals surface area contributed by atoms with Gasteiger partial charge in [-0.25, -0.2) is 0 Å². The van der Waals surface area contributed by atoms with Crippen molar-refractivity contribution in [3.8, 4) is 0 Å². The van der Waals surface area contributed by atoms with Gasteiger partial charge in [-0.1, -0.05) is 17.7 Å². The highest BCUT2D eigenvalue weighted by Gasteiger charge is 2.49. The number of hydrogen-bond acceptors (Lipinski definition) is 1. The van der Waals surface area contributed by atoms with Crippen LogP contribution >= 0.6 is 11.6 Å². The predicted octanol–water partition coefficient (Wildman–Crippen LogP) is 3.51. The van der Waals surface area contributed by atoms with Crippen LogP contribution in [0.4, 0.5) is 0 Å². The molecule has 0 heterocycles. The standard InChI is InChI=1S/C14H17ClOS/c1-9-2-6-12(7-3-9)17(16)14-11-5-4-10(8-11)13(14)15/h2-3,6-7,10-11,13-14H,4-5,8H2,1H3/t10-,11+,13-,14+,17-/m0/s1. The maximum Gasteiger partial charge on any atom is 0.0589 e. The Bertz CT molecular complexity index is 440. The fourth-order valence-corrected chi connectivity index (χ4v) is 5.78. The molecule has 1 nitrogen and oxygen atoms in total. The van der Waals surface area contributed by atoms with Gasteiger partial charge in [0.1, 0.15) is 0 Å². The average molecular weight is 269 g/mol. The second kappa shape index (κ2) is 4.40. The van der Waals surface area contributed by atoms with Gasteiger partial charge in [-0.2, -0.15) is 0 Å². The minimum Gasteiger partial charge on any atom is -0.254 e. The summed E-state index contributed by atoms with van der Waals surface area (Å²) in [5.74, 6) is 1.20. The summed E-state index contributed by atoms with van der Waals surface area (Å²) in [6.07, 6.45) is 3.65. The Labute approximate surface area is 110 Å². The quantitative estimate of drug-likeness (QED) is 0.751. The monoisotopic (exact) mass is 268 g/mol. The zero-order valence-corrected chi connectivity index (χ0v) is 11.5. The molecule has 1 aromatic rings. The van der Waals surface area contributed by atoms with Gasteiger partial charge in [-0.3, -0.25) is 4.21 Å². The molecule has 3 rings (SSSR count). The summed E-state index contributed by atoms with van der Waals surface area (Å²) in [5.41, 5.74) is 1.21. The van der Waals surface area contributed by atoms with E-state index in [1.807, 2.05) is 24.3 Å². The number of aryl methyl sites for hydroxylation is 1. The Kier molecular flexibility index (Phi) is 3.04. The number of fused-ring (bicyclic) bond motifs is 2. The van der Waals surface area contributed by atoms with Crippen molar-refractivity contribution >= 4 is 22.4 Å². The van der Waals surface area contributed by atoms with Gasteiger partial charge in [0.15, 0.2) is 0 Å². The van der Waals surface area contributed by atoms with Gasteiger partial charge in [0, 0.05) is 4.90 Å². The molecule has 0 radical (unpaired) electrons. The highest BCUT2D eigenvalue weighted by atomic mass is 35.5. The van der Waals surface area contributed by atoms with Gasteiger partial charge in [0.2, 0.25) is 0 Å². The molecule has 0 amide bonds. The van der Waals surface area contributed by atoms with E-state index in [9.17, 15) is 4.21 Å². The van der Waals surface area contributed by atoms with E-state index in [2.05, 4.69) is 6.92 Å². The second-order valence-corrected chi connectivity index (χ2v) is 7.47. The molecule has 0 aromatic heterocycles. The van der Waals surface area contributed by atoms with E-state index in [4.69, 9.17) is 11.6 Å². The third-order valence-electron chi connectivity index (χ3n) is 4.24. The summed E-state index contributed by atoms with van der Waals surface area (Å²) in [6.45, 7) is 2.05. The fraction of sp³-hybridized carbons (Fsp3) is 0.571. The van der Waals surface area contributed by atoms with E-state index in [-0.39, 0.29) is 10.6 Å². The Morgan fingerprint density at radius 3 is 2.41 bits per heavy atom. The lowest BCUT2D eigenvalue weighted by Crippen LogP contribution is -2.32. The molecule has 2 aliphatic rings. The Balaban J connectivity index is 1.85. The average Bonchev–Trinajstić information content (AvgIpc) is 2.89. The van der Waals surface area contributed by atoms with Gasteiger partial charge in [0.05, 0.1) is 21.4 Å². The molecule has 17 heavy (non-hydrogen) atoms. The molecule has 2 bridgehead atoms. The lowest BCUT2D eigenvalue weighted by atomic mass is 10.00. The van der Waals surface area contributed by atoms with Crippen molar-refractivity contribution in [2.45, 2.75) is 41.7 Å². The zero-order valence-electron chi connectivity index (χ0n) is 9.93. The van der Waals surface area contributed by atoms with Crippen LogP contribution in [-0.2, 0) is 10.8 Å². The van der Waals surface area contributed by atoms with Crippen molar-refractivity contribution in [1.29, 1.82) is 0 Å². The first-order chi connectivity index (χ1) is 8.16. The van der Waals surface area contributed by atoms with E-state index in [1.54, 1.807) is 0 Å². The first kappa shape index (κ1) is 11.7. The Hall–Kier alpha value is -0.340. The molecule has 2 aliphatic carbocycles. The number of alkyl halides is 1. The van der Waals surface area contributed by atoms with Crippen molar-refractivity contribution < 1.29 is 4.21 Å². The van der Waals surface area contributed by atoms with E-state index < -0.39 is 10.8 Å². The van der Waals surface area contributed by atoms with Crippen LogP contribution in [0.2, 0.25) is 0 Å². The van der Waals surface area contributed by atoms with Crippen LogP contribution in [0.5, 0.6) is 0 Å². The molecule has 92 valence electrons. The van der Waals surface area contributed by atoms with E-state index in [0.29, 0.717) is 11.8 Å². The molecule has 2 saturated carbocycles. The van der Waals surface area contributed by atoms with Crippen LogP contribution in [0.3, 0.4) is 0 Å². The van der Waals surface area contributed by atoms with Gasteiger partial charge >= 0.3 is 0 Å². The van der Waals surface area contributed by atoms with Gasteiger partial charge < -0.3 is 0 Å². The summed E-state index contributed by atoms with van der Waals surface area (Å²) in [5, 5.41) is 0.300. The predicted molar refractivity (Wildman–Crippen MR) is 71.8 cm³/mol. The van der Waals surface area contributed by atoms with Gasteiger partial charge in [0.25, 0.3) is 0 Å². The summed E-state index contributed by atoms with van der Waals surface area (Å²) >= 11 is 6.46. The van der Waals surface area contributed by atoms with Crippen LogP contribution in [-0.4, -0.2) is 14.8 Å². The molecule has 0 spiro atoms. The number of benzene rings is 1. The van der Waals surface area contributed by atoms with Crippen LogP contribution in [0.25, 0.3) is 0 Å². The largest absolute Gasteiger partial charge is 0.254 e. The molecule has 0 saturated heterocycles. The van der Waals surface area contributed by atoms with Crippen LogP contribution in [0.15, 0.2) is 29.2 Å². The molecular formula is C14H17ClOS. The summed E-state index contributed by atoms with van der Waals surface area (Å²) in [6, 6.07) is 8.04. The van der Waals surface area contributed by atoms with Crippen molar-refractivity contribution in [1.82, 2.24) is 0 Å². The summed E-state index contributed by atoms with van der Waals surface area (Å²) in [7, 11) is -0.929. The second-order valence-electron chi connectivity index (χ2n) is 5.35. The Morgan fingerprint density at radius 1 is 1.18 bits per heavy atom. The smallest absolute Gasteiger partial charge is 0.0589 e. The van der Waals surface area contributed by atoms with E-state index >= 15 is 0 Å². The fourth-order valence-electron chi connectivity index (χ4n) is 3.29. The molecule has 0 aliphatic heterocycles. The minimum atomic E-state index is -0.929. The Morgan fingerprint density at radius 2 is 1.82 bits per heavy atom. The van der Waals surface area contributed by atoms with Crippen LogP contribution in [0.1, 0.15) is 24.8 Å². The lowest BCUT2D eigenvalue weighted by Gasteiger charge is -2.25. The number of halogens is 1. The lowest BCUT2D eigenvalue weighted by molar-refractivity contribution is 0.488.